The molecule has 1 aliphatic heterocycles. The molecule has 2 aromatic carbocycles. The topological polar surface area (TPSA) is 71.4 Å². The number of hydrogen-bond acceptors (Lipinski definition) is 5. The Morgan fingerprint density at radius 3 is 2.62 bits per heavy atom. The minimum absolute atomic E-state index is 0.120. The fraction of sp³-hybridized carbons (Fsp3) is 0.111. The van der Waals surface area contributed by atoms with Crippen molar-refractivity contribution in [1.82, 2.24) is 5.32 Å². The van der Waals surface area contributed by atoms with Gasteiger partial charge in [0.05, 0.1) is 22.1 Å². The Bertz CT molecular complexity index is 915. The van der Waals surface area contributed by atoms with Crippen LogP contribution in [-0.4, -0.2) is 18.2 Å². The first kappa shape index (κ1) is 18.6. The molecule has 0 bridgehead atoms. The van der Waals surface area contributed by atoms with Gasteiger partial charge in [-0.25, -0.2) is 0 Å². The van der Waals surface area contributed by atoms with Gasteiger partial charge in [-0.05, 0) is 53.2 Å². The zero-order valence-corrected chi connectivity index (χ0v) is 16.0. The molecular formula is C18H14Cl2N2O3S. The molecule has 1 heterocycles. The number of carbonyl (C=O) groups is 1. The van der Waals surface area contributed by atoms with E-state index in [1.165, 1.54) is 0 Å². The van der Waals surface area contributed by atoms with Crippen LogP contribution in [0.4, 0.5) is 0 Å². The van der Waals surface area contributed by atoms with E-state index in [1.54, 1.807) is 37.5 Å². The minimum atomic E-state index is -0.279. The number of nitrogens with one attached hydrogen (secondary N) is 2. The SMILES string of the molecule is COc1cc(C=C2SC(=N)NC2=O)ccc1OCc1ccc(Cl)c(Cl)c1. The lowest BCUT2D eigenvalue weighted by Gasteiger charge is -2.12. The second kappa shape index (κ2) is 8.03. The van der Waals surface area contributed by atoms with Gasteiger partial charge in [0.1, 0.15) is 6.61 Å². The highest BCUT2D eigenvalue weighted by Crippen LogP contribution is 2.32. The molecule has 0 atom stereocenters. The molecular weight excluding hydrogens is 395 g/mol. The summed E-state index contributed by atoms with van der Waals surface area (Å²) in [7, 11) is 1.55. The lowest BCUT2D eigenvalue weighted by molar-refractivity contribution is -0.115. The highest BCUT2D eigenvalue weighted by atomic mass is 35.5. The summed E-state index contributed by atoms with van der Waals surface area (Å²) in [6.45, 7) is 0.309. The van der Waals surface area contributed by atoms with E-state index in [9.17, 15) is 4.79 Å². The number of halogens is 2. The maximum atomic E-state index is 11.7. The molecule has 0 saturated carbocycles. The Balaban J connectivity index is 1.76. The predicted octanol–water partition coefficient (Wildman–Crippen LogP) is 4.72. The summed E-state index contributed by atoms with van der Waals surface area (Å²) in [6, 6.07) is 10.7. The van der Waals surface area contributed by atoms with Crippen LogP contribution in [0.2, 0.25) is 10.0 Å². The van der Waals surface area contributed by atoms with Crippen LogP contribution in [-0.2, 0) is 11.4 Å². The van der Waals surface area contributed by atoms with Gasteiger partial charge in [-0.15, -0.1) is 0 Å². The highest BCUT2D eigenvalue weighted by Gasteiger charge is 2.22. The van der Waals surface area contributed by atoms with Gasteiger partial charge in [-0.3, -0.25) is 10.2 Å². The molecule has 1 fully saturated rings. The molecule has 0 aromatic heterocycles. The van der Waals surface area contributed by atoms with Crippen LogP contribution in [0.5, 0.6) is 11.5 Å². The molecule has 1 amide bonds. The smallest absolute Gasteiger partial charge is 0.264 e. The molecule has 0 aliphatic carbocycles. The summed E-state index contributed by atoms with van der Waals surface area (Å²) >= 11 is 13.0. The van der Waals surface area contributed by atoms with Crippen molar-refractivity contribution in [2.24, 2.45) is 0 Å². The molecule has 0 spiro atoms. The number of hydrogen-bond donors (Lipinski definition) is 2. The second-order valence-electron chi connectivity index (χ2n) is 5.34. The number of carbonyl (C=O) groups excluding carboxylic acids is 1. The van der Waals surface area contributed by atoms with Crippen molar-refractivity contribution in [3.05, 3.63) is 62.5 Å². The van der Waals surface area contributed by atoms with E-state index in [0.717, 1.165) is 22.9 Å². The maximum Gasteiger partial charge on any atom is 0.264 e. The van der Waals surface area contributed by atoms with E-state index in [2.05, 4.69) is 5.32 Å². The van der Waals surface area contributed by atoms with Gasteiger partial charge in [0.15, 0.2) is 16.7 Å². The fourth-order valence-electron chi connectivity index (χ4n) is 2.28. The van der Waals surface area contributed by atoms with Gasteiger partial charge in [0.25, 0.3) is 5.91 Å². The molecule has 3 rings (SSSR count). The van der Waals surface area contributed by atoms with E-state index in [4.69, 9.17) is 38.1 Å². The second-order valence-corrected chi connectivity index (χ2v) is 7.21. The van der Waals surface area contributed by atoms with Crippen molar-refractivity contribution in [3.63, 3.8) is 0 Å². The zero-order valence-electron chi connectivity index (χ0n) is 13.6. The molecule has 2 aromatic rings. The van der Waals surface area contributed by atoms with Crippen LogP contribution in [0.3, 0.4) is 0 Å². The van der Waals surface area contributed by atoms with E-state index >= 15 is 0 Å². The van der Waals surface area contributed by atoms with E-state index in [1.807, 2.05) is 12.1 Å². The largest absolute Gasteiger partial charge is 0.493 e. The Labute approximate surface area is 164 Å². The molecule has 0 unspecified atom stereocenters. The lowest BCUT2D eigenvalue weighted by atomic mass is 10.2. The van der Waals surface area contributed by atoms with Crippen LogP contribution < -0.4 is 14.8 Å². The van der Waals surface area contributed by atoms with E-state index in [-0.39, 0.29) is 11.1 Å². The van der Waals surface area contributed by atoms with Crippen molar-refractivity contribution in [3.8, 4) is 11.5 Å². The van der Waals surface area contributed by atoms with E-state index < -0.39 is 0 Å². The maximum absolute atomic E-state index is 11.7. The van der Waals surface area contributed by atoms with Gasteiger partial charge in [0, 0.05) is 0 Å². The van der Waals surface area contributed by atoms with Crippen molar-refractivity contribution < 1.29 is 14.3 Å². The molecule has 1 aliphatic rings. The Hall–Kier alpha value is -2.15. The van der Waals surface area contributed by atoms with Crippen molar-refractivity contribution in [2.75, 3.05) is 7.11 Å². The van der Waals surface area contributed by atoms with Gasteiger partial charge in [0.2, 0.25) is 0 Å². The lowest BCUT2D eigenvalue weighted by Crippen LogP contribution is -2.18. The fourth-order valence-corrected chi connectivity index (χ4v) is 3.30. The summed E-state index contributed by atoms with van der Waals surface area (Å²) in [5, 5.41) is 11.0. The number of ether oxygens (including phenoxy) is 2. The van der Waals surface area contributed by atoms with Crippen molar-refractivity contribution in [1.29, 1.82) is 5.41 Å². The van der Waals surface area contributed by atoms with Crippen LogP contribution in [0, 0.1) is 5.41 Å². The van der Waals surface area contributed by atoms with Gasteiger partial charge in [-0.2, -0.15) is 0 Å². The standard InChI is InChI=1S/C18H14Cl2N2O3S/c1-24-15-7-10(8-16-17(23)22-18(21)26-16)3-5-14(15)25-9-11-2-4-12(19)13(20)6-11/h2-8H,9H2,1H3,(H2,21,22,23). The van der Waals surface area contributed by atoms with Gasteiger partial charge in [-0.1, -0.05) is 35.3 Å². The Morgan fingerprint density at radius 1 is 1.15 bits per heavy atom. The number of benzene rings is 2. The molecule has 8 heteroatoms. The number of thioether (sulfide) groups is 1. The molecule has 134 valence electrons. The third-order valence-corrected chi connectivity index (χ3v) is 5.10. The third-order valence-electron chi connectivity index (χ3n) is 3.53. The molecule has 0 radical (unpaired) electrons. The van der Waals surface area contributed by atoms with Crippen LogP contribution >= 0.6 is 35.0 Å². The number of amides is 1. The first-order valence-electron chi connectivity index (χ1n) is 7.50. The van der Waals surface area contributed by atoms with Crippen LogP contribution in [0.25, 0.3) is 6.08 Å². The summed E-state index contributed by atoms with van der Waals surface area (Å²) in [5.74, 6) is 0.828. The van der Waals surface area contributed by atoms with Crippen molar-refractivity contribution >= 4 is 52.1 Å². The average Bonchev–Trinajstić information content (AvgIpc) is 2.93. The summed E-state index contributed by atoms with van der Waals surface area (Å²) in [4.78, 5) is 12.2. The molecule has 1 saturated heterocycles. The summed E-state index contributed by atoms with van der Waals surface area (Å²) in [6.07, 6.45) is 1.70. The minimum Gasteiger partial charge on any atom is -0.493 e. The van der Waals surface area contributed by atoms with Crippen molar-refractivity contribution in [2.45, 2.75) is 6.61 Å². The average molecular weight is 409 g/mol. The first-order chi connectivity index (χ1) is 12.5. The van der Waals surface area contributed by atoms with E-state index in [0.29, 0.717) is 33.1 Å². The normalized spacial score (nSPS) is 15.3. The predicted molar refractivity (Wildman–Crippen MR) is 105 cm³/mol. The third kappa shape index (κ3) is 4.33. The highest BCUT2D eigenvalue weighted by molar-refractivity contribution is 8.18. The zero-order chi connectivity index (χ0) is 18.7. The monoisotopic (exact) mass is 408 g/mol. The van der Waals surface area contributed by atoms with Gasteiger partial charge < -0.3 is 14.8 Å². The summed E-state index contributed by atoms with van der Waals surface area (Å²) in [5.41, 5.74) is 1.65. The quantitative estimate of drug-likeness (QED) is 0.701. The number of rotatable bonds is 5. The van der Waals surface area contributed by atoms with Crippen LogP contribution in [0.1, 0.15) is 11.1 Å². The summed E-state index contributed by atoms with van der Waals surface area (Å²) < 4.78 is 11.2. The molecule has 5 nitrogen and oxygen atoms in total. The molecule has 26 heavy (non-hydrogen) atoms. The van der Waals surface area contributed by atoms with Crippen LogP contribution in [0.15, 0.2) is 41.3 Å². The number of amidine groups is 1. The van der Waals surface area contributed by atoms with Gasteiger partial charge >= 0.3 is 0 Å². The Morgan fingerprint density at radius 2 is 1.96 bits per heavy atom. The molecule has 2 N–H and O–H groups in total. The number of methoxy groups -OCH3 is 1. The Kier molecular flexibility index (Phi) is 5.76. The first-order valence-corrected chi connectivity index (χ1v) is 9.07.